The smallest absolute Gasteiger partial charge is 0.143 e. The van der Waals surface area contributed by atoms with Crippen LogP contribution in [0.15, 0.2) is 241 Å². The van der Waals surface area contributed by atoms with E-state index in [1.807, 2.05) is 0 Å². The molecule has 11 aromatic rings. The van der Waals surface area contributed by atoms with Crippen molar-refractivity contribution in [2.24, 2.45) is 0 Å². The maximum Gasteiger partial charge on any atom is 0.143 e. The lowest BCUT2D eigenvalue weighted by Crippen LogP contribution is -2.28. The van der Waals surface area contributed by atoms with Gasteiger partial charge in [-0.1, -0.05) is 188 Å². The summed E-state index contributed by atoms with van der Waals surface area (Å²) >= 11 is 0. The number of anilines is 3. The van der Waals surface area contributed by atoms with Crippen molar-refractivity contribution in [2.75, 3.05) is 4.90 Å². The van der Waals surface area contributed by atoms with Gasteiger partial charge >= 0.3 is 0 Å². The van der Waals surface area contributed by atoms with Crippen LogP contribution >= 0.6 is 0 Å². The van der Waals surface area contributed by atoms with Gasteiger partial charge in [0.15, 0.2) is 0 Å². The van der Waals surface area contributed by atoms with Gasteiger partial charge in [-0.15, -0.1) is 0 Å². The van der Waals surface area contributed by atoms with Crippen molar-refractivity contribution in [1.29, 1.82) is 0 Å². The summed E-state index contributed by atoms with van der Waals surface area (Å²) in [6.07, 6.45) is 0. The van der Waals surface area contributed by atoms with Gasteiger partial charge in [0.1, 0.15) is 11.2 Å². The third-order valence-corrected chi connectivity index (χ3v) is 12.7. The summed E-state index contributed by atoms with van der Waals surface area (Å²) in [7, 11) is 0. The maximum absolute atomic E-state index is 7.02. The molecule has 10 aromatic carbocycles. The normalized spacial score (nSPS) is 12.7. The highest BCUT2D eigenvalue weighted by atomic mass is 16.3. The zero-order valence-electron chi connectivity index (χ0n) is 33.4. The molecule has 0 radical (unpaired) electrons. The van der Waals surface area contributed by atoms with E-state index in [-0.39, 0.29) is 0 Å². The summed E-state index contributed by atoms with van der Waals surface area (Å²) in [6, 6.07) is 85.8. The summed E-state index contributed by atoms with van der Waals surface area (Å²) < 4.78 is 7.02. The highest BCUT2D eigenvalue weighted by molar-refractivity contribution is 6.22. The van der Waals surface area contributed by atoms with Crippen molar-refractivity contribution in [3.05, 3.63) is 259 Å². The molecule has 0 bridgehead atoms. The highest BCUT2D eigenvalue weighted by Crippen LogP contribution is 2.57. The first-order valence-electron chi connectivity index (χ1n) is 21.0. The lowest BCUT2D eigenvalue weighted by atomic mass is 9.67. The van der Waals surface area contributed by atoms with Gasteiger partial charge in [-0.3, -0.25) is 0 Å². The summed E-state index contributed by atoms with van der Waals surface area (Å²) in [5.41, 5.74) is 16.5. The minimum absolute atomic E-state index is 0.523. The van der Waals surface area contributed by atoms with Crippen LogP contribution in [0.1, 0.15) is 22.3 Å². The molecule has 2 nitrogen and oxygen atoms in total. The van der Waals surface area contributed by atoms with E-state index >= 15 is 0 Å². The number of benzene rings is 10. The molecule has 1 aromatic heterocycles. The number of hydrogen-bond donors (Lipinski definition) is 0. The lowest BCUT2D eigenvalue weighted by Gasteiger charge is -2.35. The van der Waals surface area contributed by atoms with Crippen molar-refractivity contribution in [3.63, 3.8) is 0 Å². The minimum atomic E-state index is -0.523. The second-order valence-electron chi connectivity index (χ2n) is 16.0. The van der Waals surface area contributed by atoms with E-state index in [2.05, 4.69) is 241 Å². The van der Waals surface area contributed by atoms with E-state index in [1.165, 1.54) is 55.3 Å². The van der Waals surface area contributed by atoms with E-state index in [9.17, 15) is 0 Å². The maximum atomic E-state index is 7.02. The Bertz CT molecular complexity index is 3350. The second kappa shape index (κ2) is 14.1. The average molecular weight is 778 g/mol. The summed E-state index contributed by atoms with van der Waals surface area (Å²) in [4.78, 5) is 2.39. The molecule has 0 N–H and O–H groups in total. The Morgan fingerprint density at radius 2 is 0.885 bits per heavy atom. The predicted octanol–water partition coefficient (Wildman–Crippen LogP) is 15.9. The molecule has 0 saturated carbocycles. The molecule has 0 unspecified atom stereocenters. The minimum Gasteiger partial charge on any atom is -0.455 e. The Morgan fingerprint density at radius 1 is 0.344 bits per heavy atom. The van der Waals surface area contributed by atoms with Crippen LogP contribution in [0.2, 0.25) is 0 Å². The Kier molecular flexibility index (Phi) is 8.11. The zero-order valence-corrected chi connectivity index (χ0v) is 33.4. The molecule has 0 atom stereocenters. The Balaban J connectivity index is 1.10. The van der Waals surface area contributed by atoms with Crippen LogP contribution < -0.4 is 4.90 Å². The molecule has 1 aliphatic rings. The summed E-state index contributed by atoms with van der Waals surface area (Å²) in [5, 5.41) is 4.63. The van der Waals surface area contributed by atoms with E-state index in [4.69, 9.17) is 4.42 Å². The molecular formula is C59H39NO. The lowest BCUT2D eigenvalue weighted by molar-refractivity contribution is 0.670. The van der Waals surface area contributed by atoms with Gasteiger partial charge in [0.05, 0.1) is 5.41 Å². The molecule has 2 heteroatoms. The van der Waals surface area contributed by atoms with Crippen LogP contribution in [0, 0.1) is 0 Å². The Hall–Kier alpha value is -7.94. The topological polar surface area (TPSA) is 16.4 Å². The number of nitrogens with zero attached hydrogens (tertiary/aromatic N) is 1. The molecule has 1 aliphatic carbocycles. The monoisotopic (exact) mass is 777 g/mol. The molecule has 1 heterocycles. The molecule has 0 fully saturated rings. The summed E-state index contributed by atoms with van der Waals surface area (Å²) in [5.74, 6) is 0. The van der Waals surface area contributed by atoms with E-state index < -0.39 is 5.41 Å². The number of hydrogen-bond acceptors (Lipinski definition) is 2. The third-order valence-electron chi connectivity index (χ3n) is 12.7. The van der Waals surface area contributed by atoms with Crippen LogP contribution in [0.25, 0.3) is 66.1 Å². The molecule has 0 spiro atoms. The largest absolute Gasteiger partial charge is 0.455 e. The third kappa shape index (κ3) is 5.50. The van der Waals surface area contributed by atoms with Crippen molar-refractivity contribution in [3.8, 4) is 33.4 Å². The molecule has 12 rings (SSSR count). The van der Waals surface area contributed by atoms with Crippen molar-refractivity contribution in [1.82, 2.24) is 0 Å². The fourth-order valence-corrected chi connectivity index (χ4v) is 10.0. The average Bonchev–Trinajstić information content (AvgIpc) is 3.87. The van der Waals surface area contributed by atoms with Gasteiger partial charge in [0, 0.05) is 39.5 Å². The molecular weight excluding hydrogens is 739 g/mol. The van der Waals surface area contributed by atoms with Gasteiger partial charge in [-0.25, -0.2) is 0 Å². The first kappa shape index (κ1) is 35.0. The van der Waals surface area contributed by atoms with E-state index in [1.54, 1.807) is 0 Å². The number of furan rings is 1. The summed E-state index contributed by atoms with van der Waals surface area (Å²) in [6.45, 7) is 0. The van der Waals surface area contributed by atoms with Gasteiger partial charge in [0.25, 0.3) is 0 Å². The van der Waals surface area contributed by atoms with Gasteiger partial charge in [-0.2, -0.15) is 0 Å². The molecule has 0 amide bonds. The fourth-order valence-electron chi connectivity index (χ4n) is 10.0. The zero-order chi connectivity index (χ0) is 40.3. The van der Waals surface area contributed by atoms with Crippen LogP contribution in [-0.2, 0) is 5.41 Å². The van der Waals surface area contributed by atoms with Crippen LogP contribution in [-0.4, -0.2) is 0 Å². The van der Waals surface area contributed by atoms with Crippen molar-refractivity contribution < 1.29 is 4.42 Å². The van der Waals surface area contributed by atoms with Crippen LogP contribution in [0.5, 0.6) is 0 Å². The molecule has 0 saturated heterocycles. The van der Waals surface area contributed by atoms with Gasteiger partial charge in [0.2, 0.25) is 0 Å². The number of rotatable bonds is 7. The van der Waals surface area contributed by atoms with Gasteiger partial charge < -0.3 is 9.32 Å². The standard InChI is InChI=1S/C59H39NO/c1-5-17-40(18-6-1)41-29-31-46(32-30-41)60(48-34-36-52-56(39-48)61-58-53(42-19-7-2-8-20-42)37-43-21-13-14-26-49(43)57(52)58)47-33-35-51-50-27-15-16-28-54(50)59(55(51)38-47,44-22-9-3-10-23-44)45-24-11-4-12-25-45/h1-39H. The quantitative estimate of drug-likeness (QED) is 0.160. The molecule has 0 aliphatic heterocycles. The van der Waals surface area contributed by atoms with Crippen molar-refractivity contribution in [2.45, 2.75) is 5.41 Å². The van der Waals surface area contributed by atoms with E-state index in [0.717, 1.165) is 50.1 Å². The molecule has 61 heavy (non-hydrogen) atoms. The van der Waals surface area contributed by atoms with Gasteiger partial charge in [-0.05, 0) is 103 Å². The fraction of sp³-hybridized carbons (Fsp3) is 0.0169. The first-order chi connectivity index (χ1) is 30.3. The highest BCUT2D eigenvalue weighted by Gasteiger charge is 2.46. The van der Waals surface area contributed by atoms with Crippen LogP contribution in [0.4, 0.5) is 17.1 Å². The molecule has 286 valence electrons. The van der Waals surface area contributed by atoms with Crippen LogP contribution in [0.3, 0.4) is 0 Å². The SMILES string of the molecule is c1ccc(-c2ccc(N(c3ccc4c(c3)C(c3ccccc3)(c3ccccc3)c3ccccc3-4)c3ccc4c(c3)oc3c(-c5ccccc5)cc5ccccc5c34)cc2)cc1. The Labute approximate surface area is 355 Å². The van der Waals surface area contributed by atoms with Crippen molar-refractivity contribution >= 4 is 49.8 Å². The Morgan fingerprint density at radius 3 is 1.61 bits per heavy atom. The second-order valence-corrected chi connectivity index (χ2v) is 16.0. The predicted molar refractivity (Wildman–Crippen MR) is 254 cm³/mol. The number of fused-ring (bicyclic) bond motifs is 8. The first-order valence-corrected chi connectivity index (χ1v) is 21.0. The van der Waals surface area contributed by atoms with E-state index in [0.29, 0.717) is 0 Å².